The molecular formula is C20H22ClNO2S. The van der Waals surface area contributed by atoms with Crippen molar-refractivity contribution in [3.63, 3.8) is 0 Å². The predicted octanol–water partition coefficient (Wildman–Crippen LogP) is 0.164. The van der Waals surface area contributed by atoms with Crippen LogP contribution in [0.5, 0.6) is 0 Å². The molecule has 2 aromatic carbocycles. The van der Waals surface area contributed by atoms with Gasteiger partial charge >= 0.3 is 0 Å². The Morgan fingerprint density at radius 2 is 1.80 bits per heavy atom. The summed E-state index contributed by atoms with van der Waals surface area (Å²) in [4.78, 5) is 12.5. The van der Waals surface area contributed by atoms with Crippen LogP contribution in [-0.2, 0) is 0 Å². The first-order valence-electron chi connectivity index (χ1n) is 8.22. The minimum atomic E-state index is -0.525. The molecule has 1 aromatic heterocycles. The van der Waals surface area contributed by atoms with Crippen molar-refractivity contribution in [2.75, 3.05) is 6.54 Å². The number of hydrogen-bond donors (Lipinski definition) is 2. The molecule has 3 rings (SSSR count). The van der Waals surface area contributed by atoms with Crippen molar-refractivity contribution in [1.82, 2.24) is 0 Å². The summed E-state index contributed by atoms with van der Waals surface area (Å²) in [5, 5.41) is 15.4. The number of benzene rings is 2. The molecule has 0 fully saturated rings. The zero-order valence-corrected chi connectivity index (χ0v) is 15.6. The van der Waals surface area contributed by atoms with Crippen LogP contribution in [0.4, 0.5) is 0 Å². The molecule has 0 bridgehead atoms. The van der Waals surface area contributed by atoms with E-state index in [0.29, 0.717) is 13.0 Å². The number of hydrogen-bond acceptors (Lipinski definition) is 3. The van der Waals surface area contributed by atoms with E-state index in [1.165, 1.54) is 0 Å². The fourth-order valence-corrected chi connectivity index (χ4v) is 3.85. The Morgan fingerprint density at radius 3 is 2.56 bits per heavy atom. The highest BCUT2D eigenvalue weighted by molar-refractivity contribution is 7.17. The second-order valence-electron chi connectivity index (χ2n) is 6.06. The van der Waals surface area contributed by atoms with Gasteiger partial charge in [0.25, 0.3) is 0 Å². The molecule has 3 nitrogen and oxygen atoms in total. The number of fused-ring (bicyclic) bond motifs is 1. The summed E-state index contributed by atoms with van der Waals surface area (Å²) in [6, 6.07) is 17.7. The molecule has 3 N–H and O–H groups in total. The number of quaternary nitrogens is 1. The number of Topliss-reactive ketones (excluding diaryl/α,β-unsaturated/α-hetero) is 1. The quantitative estimate of drug-likeness (QED) is 0.578. The molecule has 2 atom stereocenters. The van der Waals surface area contributed by atoms with Crippen molar-refractivity contribution in [2.45, 2.75) is 25.5 Å². The molecule has 0 aliphatic carbocycles. The summed E-state index contributed by atoms with van der Waals surface area (Å²) in [6.07, 6.45) is -0.0460. The van der Waals surface area contributed by atoms with Crippen molar-refractivity contribution in [1.29, 1.82) is 0 Å². The van der Waals surface area contributed by atoms with E-state index in [0.717, 1.165) is 21.2 Å². The molecule has 0 aliphatic heterocycles. The number of carbonyl (C=O) groups is 1. The summed E-state index contributed by atoms with van der Waals surface area (Å²) < 4.78 is 1.15. The summed E-state index contributed by atoms with van der Waals surface area (Å²) in [5.74, 6) is 0.171. The van der Waals surface area contributed by atoms with E-state index in [-0.39, 0.29) is 24.2 Å². The first kappa shape index (κ1) is 19.6. The average Bonchev–Trinajstić information content (AvgIpc) is 3.06. The molecule has 5 heteroatoms. The topological polar surface area (TPSA) is 53.9 Å². The second-order valence-corrected chi connectivity index (χ2v) is 6.97. The number of aliphatic hydroxyl groups is 1. The maximum absolute atomic E-state index is 12.5. The van der Waals surface area contributed by atoms with E-state index in [4.69, 9.17) is 0 Å². The highest BCUT2D eigenvalue weighted by Crippen LogP contribution is 2.26. The molecule has 0 radical (unpaired) electrons. The Bertz CT molecular complexity index is 819. The molecule has 25 heavy (non-hydrogen) atoms. The molecule has 1 heterocycles. The number of rotatable bonds is 7. The highest BCUT2D eigenvalue weighted by atomic mass is 35.5. The number of carbonyl (C=O) groups excluding carboxylic acids is 1. The van der Waals surface area contributed by atoms with Crippen molar-refractivity contribution in [3.05, 3.63) is 71.1 Å². The number of nitrogens with two attached hydrogens (primary N) is 1. The van der Waals surface area contributed by atoms with Crippen LogP contribution in [-0.4, -0.2) is 23.5 Å². The third-order valence-corrected chi connectivity index (χ3v) is 5.29. The van der Waals surface area contributed by atoms with Crippen LogP contribution in [0.1, 0.15) is 35.4 Å². The van der Waals surface area contributed by atoms with Gasteiger partial charge in [-0.2, -0.15) is 0 Å². The smallest absolute Gasteiger partial charge is 0.169 e. The number of ketones is 1. The van der Waals surface area contributed by atoms with E-state index >= 15 is 0 Å². The van der Waals surface area contributed by atoms with Crippen LogP contribution in [0, 0.1) is 0 Å². The monoisotopic (exact) mass is 375 g/mol. The van der Waals surface area contributed by atoms with Gasteiger partial charge in [0, 0.05) is 21.0 Å². The van der Waals surface area contributed by atoms with E-state index in [9.17, 15) is 9.90 Å². The van der Waals surface area contributed by atoms with E-state index in [1.807, 2.05) is 72.2 Å². The fourth-order valence-electron chi connectivity index (χ4n) is 2.89. The molecule has 0 aliphatic rings. The summed E-state index contributed by atoms with van der Waals surface area (Å²) >= 11 is 1.61. The first-order chi connectivity index (χ1) is 11.7. The summed E-state index contributed by atoms with van der Waals surface area (Å²) in [6.45, 7) is 2.66. The average molecular weight is 376 g/mol. The van der Waals surface area contributed by atoms with E-state index in [1.54, 1.807) is 11.3 Å². The Morgan fingerprint density at radius 1 is 1.12 bits per heavy atom. The van der Waals surface area contributed by atoms with Gasteiger partial charge in [-0.3, -0.25) is 4.79 Å². The largest absolute Gasteiger partial charge is 1.00 e. The number of halogens is 1. The summed E-state index contributed by atoms with van der Waals surface area (Å²) in [5.41, 5.74) is 1.73. The lowest BCUT2D eigenvalue weighted by Gasteiger charge is -2.17. The molecular weight excluding hydrogens is 354 g/mol. The normalized spacial score (nSPS) is 13.2. The second kappa shape index (κ2) is 9.11. The number of thiophene rings is 1. The van der Waals surface area contributed by atoms with Crippen LogP contribution in [0.25, 0.3) is 10.1 Å². The first-order valence-corrected chi connectivity index (χ1v) is 9.10. The van der Waals surface area contributed by atoms with E-state index in [2.05, 4.69) is 0 Å². The number of aliphatic hydroxyl groups excluding tert-OH is 1. The van der Waals surface area contributed by atoms with Gasteiger partial charge in [-0.25, -0.2) is 0 Å². The van der Waals surface area contributed by atoms with Gasteiger partial charge < -0.3 is 22.8 Å². The Kier molecular flexibility index (Phi) is 7.14. The van der Waals surface area contributed by atoms with Crippen molar-refractivity contribution >= 4 is 27.2 Å². The molecule has 0 saturated heterocycles. The van der Waals surface area contributed by atoms with Crippen LogP contribution < -0.4 is 17.7 Å². The zero-order valence-electron chi connectivity index (χ0n) is 14.1. The van der Waals surface area contributed by atoms with Gasteiger partial charge in [0.15, 0.2) is 5.78 Å². The lowest BCUT2D eigenvalue weighted by atomic mass is 10.0. The van der Waals surface area contributed by atoms with E-state index < -0.39 is 6.10 Å². The maximum atomic E-state index is 12.5. The Labute approximate surface area is 158 Å². The Hall–Kier alpha value is -1.72. The third-order valence-electron chi connectivity index (χ3n) is 4.33. The molecule has 3 aromatic rings. The molecule has 0 saturated carbocycles. The minimum Gasteiger partial charge on any atom is -1.00 e. The lowest BCUT2D eigenvalue weighted by Crippen LogP contribution is -3.00. The van der Waals surface area contributed by atoms with Crippen molar-refractivity contribution in [2.24, 2.45) is 0 Å². The van der Waals surface area contributed by atoms with Crippen LogP contribution in [0.2, 0.25) is 0 Å². The lowest BCUT2D eigenvalue weighted by molar-refractivity contribution is -0.693. The molecule has 0 spiro atoms. The standard InChI is InChI=1S/C20H21NO2S.ClH/c1-14(20(23)15-7-3-2-4-8-15)21-12-11-18(22)17-13-24-19-10-6-5-9-16(17)19;/h2-10,13-14,20-21,23H,11-12H2,1H3;1H. The van der Waals surface area contributed by atoms with Gasteiger partial charge in [0.05, 0.1) is 13.0 Å². The van der Waals surface area contributed by atoms with Crippen LogP contribution >= 0.6 is 11.3 Å². The van der Waals surface area contributed by atoms with Gasteiger partial charge in [-0.1, -0.05) is 48.5 Å². The summed E-state index contributed by atoms with van der Waals surface area (Å²) in [7, 11) is 0. The Balaban J connectivity index is 0.00000225. The predicted molar refractivity (Wildman–Crippen MR) is 98.4 cm³/mol. The highest BCUT2D eigenvalue weighted by Gasteiger charge is 2.19. The van der Waals surface area contributed by atoms with Crippen molar-refractivity contribution in [3.8, 4) is 0 Å². The zero-order chi connectivity index (χ0) is 16.9. The van der Waals surface area contributed by atoms with Gasteiger partial charge in [0.1, 0.15) is 12.1 Å². The van der Waals surface area contributed by atoms with Crippen molar-refractivity contribution < 1.29 is 27.6 Å². The van der Waals surface area contributed by atoms with Gasteiger partial charge in [-0.05, 0) is 18.6 Å². The van der Waals surface area contributed by atoms with Gasteiger partial charge in [-0.15, -0.1) is 11.3 Å². The van der Waals surface area contributed by atoms with Crippen LogP contribution in [0.15, 0.2) is 60.0 Å². The third kappa shape index (κ3) is 4.67. The maximum Gasteiger partial charge on any atom is 0.169 e. The molecule has 2 unspecified atom stereocenters. The SMILES string of the molecule is CC([NH2+]CCC(=O)c1csc2ccccc12)C(O)c1ccccc1.[Cl-]. The fraction of sp³-hybridized carbons (Fsp3) is 0.250. The minimum absolute atomic E-state index is 0. The van der Waals surface area contributed by atoms with Crippen LogP contribution in [0.3, 0.4) is 0 Å². The molecule has 132 valence electrons. The molecule has 0 amide bonds. The van der Waals surface area contributed by atoms with Gasteiger partial charge in [0.2, 0.25) is 0 Å².